The molecule has 0 bridgehead atoms. The molecule has 2 aliphatic rings. The summed E-state index contributed by atoms with van der Waals surface area (Å²) in [5, 5.41) is 8.00. The molecule has 0 saturated carbocycles. The molecule has 0 aliphatic carbocycles. The van der Waals surface area contributed by atoms with Crippen LogP contribution in [-0.4, -0.2) is 43.6 Å². The van der Waals surface area contributed by atoms with Crippen LogP contribution in [0, 0.1) is 20.8 Å². The fraction of sp³-hybridized carbons (Fsp3) is 0.600. The van der Waals surface area contributed by atoms with Crippen molar-refractivity contribution in [3.8, 4) is 0 Å². The van der Waals surface area contributed by atoms with E-state index in [0.717, 1.165) is 53.4 Å². The highest BCUT2D eigenvalue weighted by Crippen LogP contribution is 2.23. The van der Waals surface area contributed by atoms with Crippen molar-refractivity contribution in [1.29, 1.82) is 0 Å². The van der Waals surface area contributed by atoms with Crippen molar-refractivity contribution >= 4 is 5.91 Å². The normalized spacial score (nSPS) is 19.8. The average Bonchev–Trinajstić information content (AvgIpc) is 2.94. The van der Waals surface area contributed by atoms with E-state index >= 15 is 0 Å². The SMILES string of the molecule is Cc1nn(CC(=O)N2CCc3nc(C4CCCCN4)ncc3C2)c(C)c1C. The van der Waals surface area contributed by atoms with Gasteiger partial charge in [-0.1, -0.05) is 6.42 Å². The largest absolute Gasteiger partial charge is 0.336 e. The Morgan fingerprint density at radius 2 is 2.15 bits per heavy atom. The van der Waals surface area contributed by atoms with Crippen molar-refractivity contribution in [3.05, 3.63) is 40.2 Å². The summed E-state index contributed by atoms with van der Waals surface area (Å²) in [7, 11) is 0. The van der Waals surface area contributed by atoms with E-state index in [2.05, 4.69) is 15.4 Å². The highest BCUT2D eigenvalue weighted by Gasteiger charge is 2.25. The van der Waals surface area contributed by atoms with Crippen LogP contribution in [-0.2, 0) is 24.3 Å². The van der Waals surface area contributed by atoms with Gasteiger partial charge in [-0.3, -0.25) is 9.48 Å². The van der Waals surface area contributed by atoms with E-state index in [0.29, 0.717) is 19.6 Å². The Morgan fingerprint density at radius 1 is 1.30 bits per heavy atom. The van der Waals surface area contributed by atoms with Crippen LogP contribution in [0.3, 0.4) is 0 Å². The maximum Gasteiger partial charge on any atom is 0.244 e. The fourth-order valence-electron chi connectivity index (χ4n) is 3.95. The van der Waals surface area contributed by atoms with E-state index in [-0.39, 0.29) is 11.9 Å². The smallest absolute Gasteiger partial charge is 0.244 e. The van der Waals surface area contributed by atoms with Gasteiger partial charge in [0.15, 0.2) is 0 Å². The predicted molar refractivity (Wildman–Crippen MR) is 102 cm³/mol. The summed E-state index contributed by atoms with van der Waals surface area (Å²) in [6, 6.07) is 0.276. The van der Waals surface area contributed by atoms with Crippen molar-refractivity contribution in [2.45, 2.75) is 65.6 Å². The summed E-state index contributed by atoms with van der Waals surface area (Å²) in [5.74, 6) is 1.01. The average molecular weight is 368 g/mol. The number of nitrogens with one attached hydrogen (secondary N) is 1. The Hall–Kier alpha value is -2.28. The highest BCUT2D eigenvalue weighted by molar-refractivity contribution is 5.76. The molecule has 7 nitrogen and oxygen atoms in total. The molecule has 0 radical (unpaired) electrons. The first-order valence-electron chi connectivity index (χ1n) is 9.89. The predicted octanol–water partition coefficient (Wildman–Crippen LogP) is 2.00. The first-order valence-corrected chi connectivity index (χ1v) is 9.89. The third-order valence-electron chi connectivity index (χ3n) is 5.96. The summed E-state index contributed by atoms with van der Waals surface area (Å²) < 4.78 is 1.82. The number of hydrogen-bond donors (Lipinski definition) is 1. The lowest BCUT2D eigenvalue weighted by molar-refractivity contribution is -0.133. The zero-order chi connectivity index (χ0) is 19.0. The quantitative estimate of drug-likeness (QED) is 0.897. The number of aryl methyl sites for hydroxylation is 1. The molecule has 4 rings (SSSR count). The van der Waals surface area contributed by atoms with Gasteiger partial charge >= 0.3 is 0 Å². The van der Waals surface area contributed by atoms with E-state index in [1.807, 2.05) is 36.5 Å². The molecule has 1 saturated heterocycles. The lowest BCUT2D eigenvalue weighted by Crippen LogP contribution is -2.39. The first-order chi connectivity index (χ1) is 13.0. The van der Waals surface area contributed by atoms with Crippen LogP contribution in [0.25, 0.3) is 0 Å². The topological polar surface area (TPSA) is 75.9 Å². The van der Waals surface area contributed by atoms with Gasteiger partial charge in [0.1, 0.15) is 12.4 Å². The number of fused-ring (bicyclic) bond motifs is 1. The number of aromatic nitrogens is 4. The summed E-state index contributed by atoms with van der Waals surface area (Å²) in [6.07, 6.45) is 6.27. The lowest BCUT2D eigenvalue weighted by atomic mass is 10.0. The Morgan fingerprint density at radius 3 is 2.85 bits per heavy atom. The molecule has 1 amide bonds. The molecule has 27 heavy (non-hydrogen) atoms. The van der Waals surface area contributed by atoms with Crippen LogP contribution in [0.2, 0.25) is 0 Å². The van der Waals surface area contributed by atoms with Crippen LogP contribution in [0.4, 0.5) is 0 Å². The van der Waals surface area contributed by atoms with Crippen LogP contribution >= 0.6 is 0 Å². The number of hydrogen-bond acceptors (Lipinski definition) is 5. The number of carbonyl (C=O) groups excluding carboxylic acids is 1. The van der Waals surface area contributed by atoms with Crippen molar-refractivity contribution in [2.75, 3.05) is 13.1 Å². The molecular formula is C20H28N6O. The molecule has 2 aliphatic heterocycles. The van der Waals surface area contributed by atoms with Crippen molar-refractivity contribution in [1.82, 2.24) is 30.0 Å². The maximum atomic E-state index is 12.8. The lowest BCUT2D eigenvalue weighted by Gasteiger charge is -2.29. The minimum Gasteiger partial charge on any atom is -0.336 e. The van der Waals surface area contributed by atoms with Gasteiger partial charge in [0.25, 0.3) is 0 Å². The number of amides is 1. The van der Waals surface area contributed by atoms with E-state index in [1.165, 1.54) is 12.8 Å². The monoisotopic (exact) mass is 368 g/mol. The molecule has 1 N–H and O–H groups in total. The van der Waals surface area contributed by atoms with E-state index in [9.17, 15) is 4.79 Å². The van der Waals surface area contributed by atoms with Crippen LogP contribution in [0.15, 0.2) is 6.20 Å². The first kappa shape index (κ1) is 18.1. The molecule has 1 fully saturated rings. The zero-order valence-corrected chi connectivity index (χ0v) is 16.5. The molecule has 0 spiro atoms. The van der Waals surface area contributed by atoms with Gasteiger partial charge in [-0.15, -0.1) is 0 Å². The van der Waals surface area contributed by atoms with Crippen LogP contribution < -0.4 is 5.32 Å². The van der Waals surface area contributed by atoms with E-state index < -0.39 is 0 Å². The number of piperidine rings is 1. The van der Waals surface area contributed by atoms with Gasteiger partial charge in [-0.25, -0.2) is 9.97 Å². The Kier molecular flexibility index (Phi) is 4.95. The minimum atomic E-state index is 0.101. The molecule has 2 aromatic heterocycles. The summed E-state index contributed by atoms with van der Waals surface area (Å²) in [4.78, 5) is 24.1. The van der Waals surface area contributed by atoms with E-state index in [4.69, 9.17) is 4.98 Å². The number of rotatable bonds is 3. The minimum absolute atomic E-state index is 0.101. The summed E-state index contributed by atoms with van der Waals surface area (Å²) in [6.45, 7) is 8.68. The van der Waals surface area contributed by atoms with Gasteiger partial charge in [-0.2, -0.15) is 5.10 Å². The number of carbonyl (C=O) groups is 1. The van der Waals surface area contributed by atoms with Crippen molar-refractivity contribution in [3.63, 3.8) is 0 Å². The Balaban J connectivity index is 1.44. The summed E-state index contributed by atoms with van der Waals surface area (Å²) >= 11 is 0. The molecular weight excluding hydrogens is 340 g/mol. The molecule has 144 valence electrons. The van der Waals surface area contributed by atoms with Crippen molar-refractivity contribution < 1.29 is 4.79 Å². The van der Waals surface area contributed by atoms with Crippen LogP contribution in [0.1, 0.15) is 59.3 Å². The van der Waals surface area contributed by atoms with Gasteiger partial charge in [0.05, 0.1) is 17.4 Å². The Labute approximate surface area is 160 Å². The van der Waals surface area contributed by atoms with Crippen molar-refractivity contribution in [2.24, 2.45) is 0 Å². The molecule has 0 aromatic carbocycles. The maximum absolute atomic E-state index is 12.8. The van der Waals surface area contributed by atoms with Gasteiger partial charge in [0, 0.05) is 37.0 Å². The second-order valence-corrected chi connectivity index (χ2v) is 7.72. The van der Waals surface area contributed by atoms with E-state index in [1.54, 1.807) is 0 Å². The fourth-order valence-corrected chi connectivity index (χ4v) is 3.95. The van der Waals surface area contributed by atoms with Crippen LogP contribution in [0.5, 0.6) is 0 Å². The Bertz CT molecular complexity index is 852. The summed E-state index contributed by atoms with van der Waals surface area (Å²) in [5.41, 5.74) is 5.37. The van der Waals surface area contributed by atoms with Gasteiger partial charge in [-0.05, 0) is 45.7 Å². The molecule has 7 heteroatoms. The zero-order valence-electron chi connectivity index (χ0n) is 16.5. The standard InChI is InChI=1S/C20H28N6O/c1-13-14(2)24-26(15(13)3)12-19(27)25-9-7-17-16(11-25)10-22-20(23-17)18-6-4-5-8-21-18/h10,18,21H,4-9,11-12H2,1-3H3. The second-order valence-electron chi connectivity index (χ2n) is 7.72. The second kappa shape index (κ2) is 7.38. The van der Waals surface area contributed by atoms with Gasteiger partial charge in [0.2, 0.25) is 5.91 Å². The van der Waals surface area contributed by atoms with Gasteiger partial charge < -0.3 is 10.2 Å². The highest BCUT2D eigenvalue weighted by atomic mass is 16.2. The number of nitrogens with zero attached hydrogens (tertiary/aromatic N) is 5. The molecule has 2 aromatic rings. The molecule has 1 atom stereocenters. The molecule has 4 heterocycles. The molecule has 1 unspecified atom stereocenters. The third kappa shape index (κ3) is 3.60. The third-order valence-corrected chi connectivity index (χ3v) is 5.96.